The predicted octanol–water partition coefficient (Wildman–Crippen LogP) is 3.62. The number of aliphatic hydroxyl groups is 1. The molecule has 0 aliphatic carbocycles. The van der Waals surface area contributed by atoms with E-state index in [0.717, 1.165) is 25.3 Å². The van der Waals surface area contributed by atoms with Gasteiger partial charge in [0.15, 0.2) is 0 Å². The molecule has 0 bridgehead atoms. The Hall–Kier alpha value is -1.88. The minimum atomic E-state index is 0.220. The lowest BCUT2D eigenvalue weighted by molar-refractivity contribution is 0.243. The molecule has 4 nitrogen and oxygen atoms in total. The first-order valence-electron chi connectivity index (χ1n) is 9.93. The number of hydrogen-bond acceptors (Lipinski definition) is 4. The number of methoxy groups -OCH3 is 1. The minimum absolute atomic E-state index is 0.220. The van der Waals surface area contributed by atoms with Crippen LogP contribution in [0.25, 0.3) is 0 Å². The number of rotatable bonds is 8. The molecule has 1 aliphatic rings. The van der Waals surface area contributed by atoms with Gasteiger partial charge in [0.2, 0.25) is 0 Å². The third-order valence-corrected chi connectivity index (χ3v) is 5.62. The van der Waals surface area contributed by atoms with Crippen LogP contribution < -0.4 is 15.4 Å². The van der Waals surface area contributed by atoms with Gasteiger partial charge in [-0.1, -0.05) is 56.3 Å². The average molecular weight is 369 g/mol. The van der Waals surface area contributed by atoms with Gasteiger partial charge in [0.1, 0.15) is 5.75 Å². The molecule has 0 spiro atoms. The van der Waals surface area contributed by atoms with Gasteiger partial charge in [0.05, 0.1) is 7.11 Å². The molecule has 0 amide bonds. The molecule has 3 rings (SSSR count). The van der Waals surface area contributed by atoms with Gasteiger partial charge in [-0.3, -0.25) is 0 Å². The molecule has 3 unspecified atom stereocenters. The molecule has 2 aromatic rings. The van der Waals surface area contributed by atoms with E-state index >= 15 is 0 Å². The second-order valence-corrected chi connectivity index (χ2v) is 7.70. The Morgan fingerprint density at radius 1 is 1.19 bits per heavy atom. The summed E-state index contributed by atoms with van der Waals surface area (Å²) in [4.78, 5) is 0. The topological polar surface area (TPSA) is 53.5 Å². The van der Waals surface area contributed by atoms with Crippen molar-refractivity contribution in [3.8, 4) is 5.75 Å². The van der Waals surface area contributed by atoms with Gasteiger partial charge < -0.3 is 20.5 Å². The summed E-state index contributed by atoms with van der Waals surface area (Å²) in [6.45, 7) is 6.31. The van der Waals surface area contributed by atoms with Crippen LogP contribution in [0.2, 0.25) is 0 Å². The van der Waals surface area contributed by atoms with Crippen LogP contribution in [0, 0.1) is 5.92 Å². The molecule has 3 atom stereocenters. The highest BCUT2D eigenvalue weighted by Gasteiger charge is 2.35. The second-order valence-electron chi connectivity index (χ2n) is 7.70. The van der Waals surface area contributed by atoms with E-state index in [2.05, 4.69) is 66.9 Å². The van der Waals surface area contributed by atoms with Crippen molar-refractivity contribution < 1.29 is 9.84 Å². The van der Waals surface area contributed by atoms with E-state index in [9.17, 15) is 5.11 Å². The SMILES string of the molecule is COc1ccc(C(C)C)cc1CNC1C(CCO)CNC1c1ccccc1. The fourth-order valence-electron chi connectivity index (χ4n) is 4.05. The molecule has 0 radical (unpaired) electrons. The van der Waals surface area contributed by atoms with Crippen molar-refractivity contribution in [2.75, 3.05) is 20.3 Å². The Morgan fingerprint density at radius 2 is 1.96 bits per heavy atom. The van der Waals surface area contributed by atoms with E-state index in [1.165, 1.54) is 16.7 Å². The fraction of sp³-hybridized carbons (Fsp3) is 0.478. The zero-order valence-electron chi connectivity index (χ0n) is 16.6. The molecule has 27 heavy (non-hydrogen) atoms. The van der Waals surface area contributed by atoms with Crippen molar-refractivity contribution in [2.45, 2.75) is 44.8 Å². The lowest BCUT2D eigenvalue weighted by Crippen LogP contribution is -2.38. The van der Waals surface area contributed by atoms with E-state index in [1.54, 1.807) is 7.11 Å². The van der Waals surface area contributed by atoms with Gasteiger partial charge in [0.25, 0.3) is 0 Å². The van der Waals surface area contributed by atoms with Crippen LogP contribution in [-0.2, 0) is 6.54 Å². The molecule has 4 heteroatoms. The zero-order valence-corrected chi connectivity index (χ0v) is 16.6. The summed E-state index contributed by atoms with van der Waals surface area (Å²) in [5.74, 6) is 1.81. The molecule has 0 aromatic heterocycles. The van der Waals surface area contributed by atoms with E-state index in [1.807, 2.05) is 6.07 Å². The molecule has 1 fully saturated rings. The van der Waals surface area contributed by atoms with E-state index < -0.39 is 0 Å². The number of ether oxygens (including phenoxy) is 1. The van der Waals surface area contributed by atoms with Gasteiger partial charge in [-0.15, -0.1) is 0 Å². The molecular weight excluding hydrogens is 336 g/mol. The second kappa shape index (κ2) is 9.36. The van der Waals surface area contributed by atoms with Gasteiger partial charge in [0, 0.05) is 37.3 Å². The molecule has 2 aromatic carbocycles. The molecule has 0 saturated carbocycles. The van der Waals surface area contributed by atoms with Crippen LogP contribution in [-0.4, -0.2) is 31.4 Å². The number of aliphatic hydroxyl groups excluding tert-OH is 1. The van der Waals surface area contributed by atoms with E-state index in [-0.39, 0.29) is 18.7 Å². The van der Waals surface area contributed by atoms with Crippen molar-refractivity contribution >= 4 is 0 Å². The van der Waals surface area contributed by atoms with Gasteiger partial charge >= 0.3 is 0 Å². The summed E-state index contributed by atoms with van der Waals surface area (Å²) in [5, 5.41) is 16.9. The zero-order chi connectivity index (χ0) is 19.2. The van der Waals surface area contributed by atoms with Crippen molar-refractivity contribution in [2.24, 2.45) is 5.92 Å². The largest absolute Gasteiger partial charge is 0.496 e. The highest BCUT2D eigenvalue weighted by Crippen LogP contribution is 2.31. The van der Waals surface area contributed by atoms with Gasteiger partial charge in [-0.05, 0) is 35.4 Å². The van der Waals surface area contributed by atoms with E-state index in [0.29, 0.717) is 11.8 Å². The molecule has 3 N–H and O–H groups in total. The fourth-order valence-corrected chi connectivity index (χ4v) is 4.05. The summed E-state index contributed by atoms with van der Waals surface area (Å²) in [6, 6.07) is 17.6. The lowest BCUT2D eigenvalue weighted by Gasteiger charge is -2.26. The lowest BCUT2D eigenvalue weighted by atomic mass is 9.91. The molecule has 1 saturated heterocycles. The minimum Gasteiger partial charge on any atom is -0.496 e. The van der Waals surface area contributed by atoms with Crippen molar-refractivity contribution in [3.05, 3.63) is 65.2 Å². The number of hydrogen-bond donors (Lipinski definition) is 3. The normalized spacial score (nSPS) is 22.3. The van der Waals surface area contributed by atoms with Crippen molar-refractivity contribution in [1.82, 2.24) is 10.6 Å². The Morgan fingerprint density at radius 3 is 2.63 bits per heavy atom. The molecular formula is C23H32N2O2. The predicted molar refractivity (Wildman–Crippen MR) is 110 cm³/mol. The monoisotopic (exact) mass is 368 g/mol. The first kappa shape index (κ1) is 19.9. The Balaban J connectivity index is 1.79. The summed E-state index contributed by atoms with van der Waals surface area (Å²) in [5.41, 5.74) is 3.80. The third-order valence-electron chi connectivity index (χ3n) is 5.62. The first-order valence-corrected chi connectivity index (χ1v) is 9.93. The Bertz CT molecular complexity index is 718. The third kappa shape index (κ3) is 4.70. The quantitative estimate of drug-likeness (QED) is 0.666. The van der Waals surface area contributed by atoms with Crippen molar-refractivity contribution in [1.29, 1.82) is 0 Å². The number of benzene rings is 2. The molecule has 1 aliphatic heterocycles. The van der Waals surface area contributed by atoms with Gasteiger partial charge in [-0.25, -0.2) is 0 Å². The van der Waals surface area contributed by atoms with Crippen LogP contribution >= 0.6 is 0 Å². The Kier molecular flexibility index (Phi) is 6.89. The summed E-state index contributed by atoms with van der Waals surface area (Å²) in [7, 11) is 1.73. The molecule has 146 valence electrons. The van der Waals surface area contributed by atoms with Crippen LogP contribution in [0.1, 0.15) is 48.9 Å². The van der Waals surface area contributed by atoms with E-state index in [4.69, 9.17) is 4.74 Å². The summed E-state index contributed by atoms with van der Waals surface area (Å²) >= 11 is 0. The van der Waals surface area contributed by atoms with Crippen LogP contribution in [0.5, 0.6) is 5.75 Å². The first-order chi connectivity index (χ1) is 13.1. The summed E-state index contributed by atoms with van der Waals surface area (Å²) < 4.78 is 5.59. The van der Waals surface area contributed by atoms with Crippen LogP contribution in [0.4, 0.5) is 0 Å². The van der Waals surface area contributed by atoms with Gasteiger partial charge in [-0.2, -0.15) is 0 Å². The highest BCUT2D eigenvalue weighted by molar-refractivity contribution is 5.38. The van der Waals surface area contributed by atoms with Crippen LogP contribution in [0.3, 0.4) is 0 Å². The maximum Gasteiger partial charge on any atom is 0.123 e. The van der Waals surface area contributed by atoms with Crippen LogP contribution in [0.15, 0.2) is 48.5 Å². The maximum absolute atomic E-state index is 9.49. The summed E-state index contributed by atoms with van der Waals surface area (Å²) in [6.07, 6.45) is 0.803. The maximum atomic E-state index is 9.49. The standard InChI is InChI=1S/C23H32N2O2/c1-16(2)18-9-10-21(27-3)20(13-18)15-25-23-19(11-12-26)14-24-22(23)17-7-5-4-6-8-17/h4-10,13,16,19,22-26H,11-12,14-15H2,1-3H3. The Labute approximate surface area is 163 Å². The number of nitrogens with one attached hydrogen (secondary N) is 2. The molecule has 1 heterocycles. The average Bonchev–Trinajstić information content (AvgIpc) is 3.09. The van der Waals surface area contributed by atoms with Crippen molar-refractivity contribution in [3.63, 3.8) is 0 Å². The highest BCUT2D eigenvalue weighted by atomic mass is 16.5. The smallest absolute Gasteiger partial charge is 0.123 e.